The van der Waals surface area contributed by atoms with Crippen molar-refractivity contribution in [3.63, 3.8) is 0 Å². The fraction of sp³-hybridized carbons (Fsp3) is 0.917. The normalized spacial score (nSPS) is 18.4. The molecular formula is C12H22O2. The molecule has 0 spiro atoms. The molecule has 0 unspecified atom stereocenters. The summed E-state index contributed by atoms with van der Waals surface area (Å²) in [7, 11) is 0. The highest BCUT2D eigenvalue weighted by Crippen LogP contribution is 2.25. The van der Waals surface area contributed by atoms with Crippen molar-refractivity contribution in [3.8, 4) is 0 Å². The average Bonchev–Trinajstić information content (AvgIpc) is 2.25. The zero-order chi connectivity index (χ0) is 10.2. The standard InChI is InChI=1S/C12H22O2/c13-10-6-2-5-9-12(14)11-7-3-1-4-8-11/h11,13H,1-10H2. The highest BCUT2D eigenvalue weighted by atomic mass is 16.2. The average molecular weight is 198 g/mol. The van der Waals surface area contributed by atoms with Crippen molar-refractivity contribution in [2.75, 3.05) is 6.61 Å². The van der Waals surface area contributed by atoms with Gasteiger partial charge in [0.2, 0.25) is 0 Å². The largest absolute Gasteiger partial charge is 0.396 e. The number of hydrogen-bond acceptors (Lipinski definition) is 2. The first-order chi connectivity index (χ1) is 6.84. The zero-order valence-corrected chi connectivity index (χ0v) is 9.00. The van der Waals surface area contributed by atoms with Crippen molar-refractivity contribution in [2.45, 2.75) is 57.8 Å². The van der Waals surface area contributed by atoms with Crippen molar-refractivity contribution in [2.24, 2.45) is 5.92 Å². The van der Waals surface area contributed by atoms with Crippen LogP contribution in [0.2, 0.25) is 0 Å². The molecule has 0 bridgehead atoms. The van der Waals surface area contributed by atoms with Gasteiger partial charge in [-0.1, -0.05) is 25.7 Å². The molecule has 0 aliphatic heterocycles. The quantitative estimate of drug-likeness (QED) is 0.666. The van der Waals surface area contributed by atoms with E-state index in [-0.39, 0.29) is 6.61 Å². The van der Waals surface area contributed by atoms with E-state index >= 15 is 0 Å². The maximum Gasteiger partial charge on any atom is 0.135 e. The van der Waals surface area contributed by atoms with Crippen LogP contribution < -0.4 is 0 Å². The van der Waals surface area contributed by atoms with Gasteiger partial charge in [0.15, 0.2) is 0 Å². The van der Waals surface area contributed by atoms with Crippen LogP contribution in [0.4, 0.5) is 0 Å². The molecule has 0 aromatic heterocycles. The van der Waals surface area contributed by atoms with Gasteiger partial charge in [-0.15, -0.1) is 0 Å². The Labute approximate surface area is 86.7 Å². The third-order valence-corrected chi connectivity index (χ3v) is 3.14. The number of aliphatic hydroxyl groups is 1. The number of ketones is 1. The lowest BCUT2D eigenvalue weighted by molar-refractivity contribution is -0.123. The first-order valence-electron chi connectivity index (χ1n) is 5.98. The van der Waals surface area contributed by atoms with Crippen LogP contribution in [-0.4, -0.2) is 17.5 Å². The Morgan fingerprint density at radius 1 is 1.07 bits per heavy atom. The van der Waals surface area contributed by atoms with E-state index in [9.17, 15) is 4.79 Å². The van der Waals surface area contributed by atoms with E-state index in [1.807, 2.05) is 0 Å². The molecule has 1 saturated carbocycles. The summed E-state index contributed by atoms with van der Waals surface area (Å²) in [6, 6.07) is 0. The van der Waals surface area contributed by atoms with Gasteiger partial charge in [-0.25, -0.2) is 0 Å². The highest BCUT2D eigenvalue weighted by Gasteiger charge is 2.19. The number of unbranched alkanes of at least 4 members (excludes halogenated alkanes) is 2. The third-order valence-electron chi connectivity index (χ3n) is 3.14. The molecule has 1 fully saturated rings. The van der Waals surface area contributed by atoms with Crippen LogP contribution in [0.25, 0.3) is 0 Å². The molecule has 1 aliphatic rings. The number of carbonyl (C=O) groups is 1. The molecule has 0 amide bonds. The number of carbonyl (C=O) groups excluding carboxylic acids is 1. The van der Waals surface area contributed by atoms with Crippen molar-refractivity contribution in [3.05, 3.63) is 0 Å². The molecule has 2 heteroatoms. The van der Waals surface area contributed by atoms with Gasteiger partial charge in [0.1, 0.15) is 5.78 Å². The Bertz CT molecular complexity index is 160. The SMILES string of the molecule is O=C(CCCCCO)C1CCCCC1. The first-order valence-corrected chi connectivity index (χ1v) is 5.98. The van der Waals surface area contributed by atoms with Crippen molar-refractivity contribution in [1.82, 2.24) is 0 Å². The van der Waals surface area contributed by atoms with Crippen LogP contribution in [-0.2, 0) is 4.79 Å². The Kier molecular flexibility index (Phi) is 5.85. The van der Waals surface area contributed by atoms with Crippen molar-refractivity contribution >= 4 is 5.78 Å². The van der Waals surface area contributed by atoms with E-state index in [2.05, 4.69) is 0 Å². The number of rotatable bonds is 6. The molecule has 82 valence electrons. The molecule has 0 atom stereocenters. The third kappa shape index (κ3) is 4.23. The van der Waals surface area contributed by atoms with E-state index < -0.39 is 0 Å². The molecule has 0 saturated heterocycles. The molecular weight excluding hydrogens is 176 g/mol. The van der Waals surface area contributed by atoms with Crippen molar-refractivity contribution < 1.29 is 9.90 Å². The monoisotopic (exact) mass is 198 g/mol. The molecule has 0 heterocycles. The summed E-state index contributed by atoms with van der Waals surface area (Å²) >= 11 is 0. The molecule has 1 N–H and O–H groups in total. The first kappa shape index (κ1) is 11.7. The molecule has 1 aliphatic carbocycles. The number of hydrogen-bond donors (Lipinski definition) is 1. The predicted molar refractivity (Wildman–Crippen MR) is 57.1 cm³/mol. The van der Waals surface area contributed by atoms with Gasteiger partial charge in [-0.05, 0) is 25.7 Å². The second-order valence-electron chi connectivity index (χ2n) is 4.34. The fourth-order valence-electron chi connectivity index (χ4n) is 2.22. The molecule has 0 aromatic carbocycles. The van der Waals surface area contributed by atoms with Crippen LogP contribution in [0.3, 0.4) is 0 Å². The topological polar surface area (TPSA) is 37.3 Å². The molecule has 0 aromatic rings. The predicted octanol–water partition coefficient (Wildman–Crippen LogP) is 2.69. The summed E-state index contributed by atoms with van der Waals surface area (Å²) in [5.74, 6) is 0.848. The Hall–Kier alpha value is -0.370. The van der Waals surface area contributed by atoms with Gasteiger partial charge in [0, 0.05) is 18.9 Å². The Balaban J connectivity index is 2.07. The van der Waals surface area contributed by atoms with Gasteiger partial charge in [0.05, 0.1) is 0 Å². The highest BCUT2D eigenvalue weighted by molar-refractivity contribution is 5.80. The van der Waals surface area contributed by atoms with E-state index in [0.29, 0.717) is 11.7 Å². The second kappa shape index (κ2) is 6.99. The van der Waals surface area contributed by atoms with Crippen molar-refractivity contribution in [1.29, 1.82) is 0 Å². The number of Topliss-reactive ketones (excluding diaryl/α,β-unsaturated/α-hetero) is 1. The smallest absolute Gasteiger partial charge is 0.135 e. The van der Waals surface area contributed by atoms with Gasteiger partial charge in [-0.3, -0.25) is 4.79 Å². The van der Waals surface area contributed by atoms with E-state index in [1.165, 1.54) is 19.3 Å². The van der Waals surface area contributed by atoms with Gasteiger partial charge < -0.3 is 5.11 Å². The lowest BCUT2D eigenvalue weighted by atomic mass is 9.84. The summed E-state index contributed by atoms with van der Waals surface area (Å²) in [6.07, 6.45) is 9.60. The Morgan fingerprint density at radius 2 is 1.79 bits per heavy atom. The summed E-state index contributed by atoms with van der Waals surface area (Å²) in [4.78, 5) is 11.7. The van der Waals surface area contributed by atoms with Crippen LogP contribution >= 0.6 is 0 Å². The van der Waals surface area contributed by atoms with E-state index in [1.54, 1.807) is 0 Å². The van der Waals surface area contributed by atoms with Gasteiger partial charge >= 0.3 is 0 Å². The molecule has 2 nitrogen and oxygen atoms in total. The molecule has 1 rings (SSSR count). The zero-order valence-electron chi connectivity index (χ0n) is 9.00. The lowest BCUT2D eigenvalue weighted by Gasteiger charge is -2.20. The van der Waals surface area contributed by atoms with Gasteiger partial charge in [0.25, 0.3) is 0 Å². The van der Waals surface area contributed by atoms with Gasteiger partial charge in [-0.2, -0.15) is 0 Å². The summed E-state index contributed by atoms with van der Waals surface area (Å²) in [6.45, 7) is 0.262. The van der Waals surface area contributed by atoms with Crippen LogP contribution in [0.15, 0.2) is 0 Å². The minimum Gasteiger partial charge on any atom is -0.396 e. The second-order valence-corrected chi connectivity index (χ2v) is 4.34. The number of aliphatic hydroxyl groups excluding tert-OH is 1. The summed E-state index contributed by atoms with van der Waals surface area (Å²) < 4.78 is 0. The minimum atomic E-state index is 0.262. The Morgan fingerprint density at radius 3 is 2.43 bits per heavy atom. The molecule has 0 radical (unpaired) electrons. The van der Waals surface area contributed by atoms with Crippen LogP contribution in [0, 0.1) is 5.92 Å². The van der Waals surface area contributed by atoms with E-state index in [4.69, 9.17) is 5.11 Å². The summed E-state index contributed by atoms with van der Waals surface area (Å²) in [5, 5.41) is 8.60. The fourth-order valence-corrected chi connectivity index (χ4v) is 2.22. The van der Waals surface area contributed by atoms with E-state index in [0.717, 1.165) is 38.5 Å². The maximum absolute atomic E-state index is 11.7. The van der Waals surface area contributed by atoms with Crippen LogP contribution in [0.5, 0.6) is 0 Å². The van der Waals surface area contributed by atoms with Crippen LogP contribution in [0.1, 0.15) is 57.8 Å². The maximum atomic E-state index is 11.7. The minimum absolute atomic E-state index is 0.262. The lowest BCUT2D eigenvalue weighted by Crippen LogP contribution is -2.17. The molecule has 14 heavy (non-hydrogen) atoms. The summed E-state index contributed by atoms with van der Waals surface area (Å²) in [5.41, 5.74) is 0.